The average molecular weight is 436 g/mol. The smallest absolute Gasteiger partial charge is 0.350 e. The number of hydrogen-bond acceptors (Lipinski definition) is 3. The number of hydrogen-bond donors (Lipinski definition) is 0. The summed E-state index contributed by atoms with van der Waals surface area (Å²) in [6.07, 6.45) is 5.40. The fourth-order valence-corrected chi connectivity index (χ4v) is 3.70. The van der Waals surface area contributed by atoms with E-state index in [0.717, 1.165) is 16.9 Å². The Bertz CT molecular complexity index is 1020. The zero-order chi connectivity index (χ0) is 21.0. The standard InChI is InChI=1S/C25H19Cl2NO2/c26-25(27)23(18-22(30-24(25)29)17-16-19-10-4-1-5-11-19)28(20-12-6-2-7-13-20)21-14-8-3-9-15-21/h1-18,23H/b17-16+. The van der Waals surface area contributed by atoms with Gasteiger partial charge in [0, 0.05) is 11.4 Å². The van der Waals surface area contributed by atoms with Crippen LogP contribution in [0.1, 0.15) is 5.56 Å². The Balaban J connectivity index is 1.78. The molecule has 0 spiro atoms. The number of carbonyl (C=O) groups excluding carboxylic acids is 1. The van der Waals surface area contributed by atoms with Gasteiger partial charge < -0.3 is 9.64 Å². The van der Waals surface area contributed by atoms with Crippen molar-refractivity contribution in [3.8, 4) is 0 Å². The van der Waals surface area contributed by atoms with Crippen LogP contribution in [0, 0.1) is 0 Å². The lowest BCUT2D eigenvalue weighted by Crippen LogP contribution is -2.51. The number of benzene rings is 3. The second kappa shape index (κ2) is 8.78. The highest BCUT2D eigenvalue weighted by Gasteiger charge is 2.50. The molecule has 1 aliphatic rings. The number of nitrogens with zero attached hydrogens (tertiary/aromatic N) is 1. The lowest BCUT2D eigenvalue weighted by atomic mass is 10.0. The minimum absolute atomic E-state index is 0.391. The molecule has 3 aromatic carbocycles. The van der Waals surface area contributed by atoms with Crippen molar-refractivity contribution in [2.24, 2.45) is 0 Å². The molecule has 3 nitrogen and oxygen atoms in total. The SMILES string of the molecule is O=C1OC(/C=C/c2ccccc2)=CC(N(c2ccccc2)c2ccccc2)C1(Cl)Cl. The molecular weight excluding hydrogens is 417 g/mol. The average Bonchev–Trinajstić information content (AvgIpc) is 2.78. The van der Waals surface area contributed by atoms with Gasteiger partial charge in [0.15, 0.2) is 0 Å². The molecule has 0 bridgehead atoms. The summed E-state index contributed by atoms with van der Waals surface area (Å²) in [5.41, 5.74) is 2.70. The summed E-state index contributed by atoms with van der Waals surface area (Å²) < 4.78 is 3.64. The number of para-hydroxylation sites is 2. The Morgan fingerprint density at radius 3 is 1.80 bits per heavy atom. The summed E-state index contributed by atoms with van der Waals surface area (Å²) in [5, 5.41) is 0. The van der Waals surface area contributed by atoms with Crippen molar-refractivity contribution in [2.75, 3.05) is 4.90 Å². The fraction of sp³-hybridized carbons (Fsp3) is 0.0800. The van der Waals surface area contributed by atoms with Gasteiger partial charge in [0.05, 0.1) is 0 Å². The predicted octanol–water partition coefficient (Wildman–Crippen LogP) is 6.52. The first-order valence-electron chi connectivity index (χ1n) is 9.50. The monoisotopic (exact) mass is 435 g/mol. The largest absolute Gasteiger partial charge is 0.425 e. The van der Waals surface area contributed by atoms with Crippen LogP contribution in [0.15, 0.2) is 109 Å². The molecule has 0 saturated carbocycles. The van der Waals surface area contributed by atoms with E-state index >= 15 is 0 Å². The molecule has 150 valence electrons. The Morgan fingerprint density at radius 1 is 0.767 bits per heavy atom. The number of anilines is 2. The molecule has 4 rings (SSSR count). The molecule has 30 heavy (non-hydrogen) atoms. The second-order valence-electron chi connectivity index (χ2n) is 6.81. The fourth-order valence-electron chi connectivity index (χ4n) is 3.31. The summed E-state index contributed by atoms with van der Waals surface area (Å²) in [5.74, 6) is -0.314. The van der Waals surface area contributed by atoms with Crippen LogP contribution in [0.3, 0.4) is 0 Å². The van der Waals surface area contributed by atoms with Gasteiger partial charge in [-0.15, -0.1) is 0 Å². The molecule has 5 heteroatoms. The van der Waals surface area contributed by atoms with Crippen molar-refractivity contribution >= 4 is 46.6 Å². The molecule has 1 unspecified atom stereocenters. The van der Waals surface area contributed by atoms with Crippen LogP contribution in [0.25, 0.3) is 6.08 Å². The molecule has 1 heterocycles. The summed E-state index contributed by atoms with van der Waals surface area (Å²) in [6, 6.07) is 28.4. The number of halogens is 2. The first kappa shape index (κ1) is 20.3. The predicted molar refractivity (Wildman–Crippen MR) is 123 cm³/mol. The van der Waals surface area contributed by atoms with E-state index in [9.17, 15) is 4.79 Å². The van der Waals surface area contributed by atoms with Crippen LogP contribution in [0.4, 0.5) is 11.4 Å². The Morgan fingerprint density at radius 2 is 1.27 bits per heavy atom. The topological polar surface area (TPSA) is 29.5 Å². The highest BCUT2D eigenvalue weighted by molar-refractivity contribution is 6.58. The number of cyclic esters (lactones) is 1. The summed E-state index contributed by atoms with van der Waals surface area (Å²) in [6.45, 7) is 0. The minimum Gasteiger partial charge on any atom is -0.425 e. The third-order valence-corrected chi connectivity index (χ3v) is 5.52. The number of alkyl halides is 2. The van der Waals surface area contributed by atoms with Crippen molar-refractivity contribution < 1.29 is 9.53 Å². The van der Waals surface area contributed by atoms with Crippen LogP contribution in [-0.2, 0) is 9.53 Å². The van der Waals surface area contributed by atoms with E-state index < -0.39 is 16.3 Å². The normalized spacial score (nSPS) is 18.0. The van der Waals surface area contributed by atoms with Crippen LogP contribution >= 0.6 is 23.2 Å². The highest BCUT2D eigenvalue weighted by atomic mass is 35.5. The molecule has 0 amide bonds. The number of allylic oxidation sites excluding steroid dienone is 1. The van der Waals surface area contributed by atoms with Crippen molar-refractivity contribution in [3.63, 3.8) is 0 Å². The van der Waals surface area contributed by atoms with Gasteiger partial charge in [-0.1, -0.05) is 96.0 Å². The molecule has 3 aromatic rings. The Labute approximate surface area is 185 Å². The molecule has 0 N–H and O–H groups in total. The number of esters is 1. The first-order chi connectivity index (χ1) is 14.6. The summed E-state index contributed by atoms with van der Waals surface area (Å²) in [4.78, 5) is 14.7. The number of rotatable bonds is 5. The van der Waals surface area contributed by atoms with E-state index in [1.165, 1.54) is 0 Å². The minimum atomic E-state index is -1.78. The van der Waals surface area contributed by atoms with Crippen molar-refractivity contribution in [3.05, 3.63) is 114 Å². The zero-order valence-corrected chi connectivity index (χ0v) is 17.5. The van der Waals surface area contributed by atoms with Crippen LogP contribution in [0.5, 0.6) is 0 Å². The second-order valence-corrected chi connectivity index (χ2v) is 8.20. The van der Waals surface area contributed by atoms with Gasteiger partial charge in [-0.3, -0.25) is 0 Å². The van der Waals surface area contributed by atoms with Gasteiger partial charge in [0.1, 0.15) is 11.8 Å². The van der Waals surface area contributed by atoms with E-state index in [2.05, 4.69) is 0 Å². The highest BCUT2D eigenvalue weighted by Crippen LogP contribution is 2.41. The molecule has 0 aliphatic carbocycles. The van der Waals surface area contributed by atoms with Gasteiger partial charge in [-0.25, -0.2) is 4.79 Å². The third kappa shape index (κ3) is 4.28. The molecule has 1 aliphatic heterocycles. The van der Waals surface area contributed by atoms with Gasteiger partial charge in [0.2, 0.25) is 4.33 Å². The molecular formula is C25H19Cl2NO2. The van der Waals surface area contributed by atoms with Gasteiger partial charge in [0.25, 0.3) is 0 Å². The third-order valence-electron chi connectivity index (χ3n) is 4.76. The maximum Gasteiger partial charge on any atom is 0.350 e. The first-order valence-corrected chi connectivity index (χ1v) is 10.3. The molecule has 0 saturated heterocycles. The lowest BCUT2D eigenvalue weighted by Gasteiger charge is -2.39. The van der Waals surface area contributed by atoms with E-state index in [-0.39, 0.29) is 0 Å². The zero-order valence-electron chi connectivity index (χ0n) is 16.0. The van der Waals surface area contributed by atoms with Crippen molar-refractivity contribution in [2.45, 2.75) is 10.4 Å². The van der Waals surface area contributed by atoms with E-state index in [1.807, 2.05) is 102 Å². The Kier molecular flexibility index (Phi) is 5.93. The molecule has 0 aromatic heterocycles. The summed E-state index contributed by atoms with van der Waals surface area (Å²) in [7, 11) is 0. The van der Waals surface area contributed by atoms with E-state index in [0.29, 0.717) is 5.76 Å². The number of ether oxygens (including phenoxy) is 1. The molecule has 0 radical (unpaired) electrons. The molecule has 0 fully saturated rings. The maximum atomic E-state index is 12.7. The van der Waals surface area contributed by atoms with Crippen LogP contribution in [0.2, 0.25) is 0 Å². The van der Waals surface area contributed by atoms with Gasteiger partial charge in [-0.2, -0.15) is 0 Å². The lowest BCUT2D eigenvalue weighted by molar-refractivity contribution is -0.141. The molecule has 1 atom stereocenters. The summed E-state index contributed by atoms with van der Waals surface area (Å²) >= 11 is 13.1. The van der Waals surface area contributed by atoms with Crippen molar-refractivity contribution in [1.82, 2.24) is 0 Å². The quantitative estimate of drug-likeness (QED) is 0.337. The van der Waals surface area contributed by atoms with Crippen molar-refractivity contribution in [1.29, 1.82) is 0 Å². The Hall–Kier alpha value is -3.01. The van der Waals surface area contributed by atoms with E-state index in [4.69, 9.17) is 27.9 Å². The van der Waals surface area contributed by atoms with E-state index in [1.54, 1.807) is 12.2 Å². The maximum absolute atomic E-state index is 12.7. The van der Waals surface area contributed by atoms with Crippen LogP contribution in [-0.4, -0.2) is 16.3 Å². The van der Waals surface area contributed by atoms with Gasteiger partial charge in [-0.05, 0) is 42.0 Å². The van der Waals surface area contributed by atoms with Gasteiger partial charge >= 0.3 is 5.97 Å². The number of carbonyl (C=O) groups is 1. The van der Waals surface area contributed by atoms with Crippen LogP contribution < -0.4 is 4.90 Å².